The second-order valence-electron chi connectivity index (χ2n) is 26.5. The Morgan fingerprint density at radius 3 is 0.960 bits per heavy atom. The molecule has 0 saturated carbocycles. The Morgan fingerprint density at radius 2 is 0.660 bits per heavy atom. The quantitative estimate of drug-likeness (QED) is 0.0531. The molecule has 0 aliphatic carbocycles. The Bertz CT molecular complexity index is 5080. The van der Waals surface area contributed by atoms with Crippen LogP contribution in [0.1, 0.15) is 164 Å². The third kappa shape index (κ3) is 11.4. The third-order valence-corrected chi connectivity index (χ3v) is 20.5. The fourth-order valence-electron chi connectivity index (χ4n) is 15.1. The van der Waals surface area contributed by atoms with E-state index in [9.17, 15) is 39.0 Å². The normalized spacial score (nSPS) is 13.8. The lowest BCUT2D eigenvalue weighted by molar-refractivity contribution is 0.0565. The monoisotopic (exact) mass is 1320 g/mol. The number of aromatic nitrogens is 4. The Hall–Kier alpha value is -11.9. The molecule has 7 heterocycles. The van der Waals surface area contributed by atoms with Crippen molar-refractivity contribution in [1.29, 1.82) is 0 Å². The minimum Gasteiger partial charge on any atom is -0.478 e. The molecule has 0 fully saturated rings. The van der Waals surface area contributed by atoms with Gasteiger partial charge >= 0.3 is 11.9 Å². The highest BCUT2D eigenvalue weighted by Crippen LogP contribution is 2.44. The standard InChI is InChI=1S/C86H72N6O8/c1-5-9-13-49(7-3)47-91-81(93)63-17-11-15-61-59(35-37-65(79(61)63)83(91)95)51-19-23-53(24-20-51)75-67-39-43-71(87-67)77(55-27-31-57(32-28-55)85(97)98)73-45-41-69(89-73)76(70-42-46-74(90-70)78(72-44-40-68(75)88-72)56-29-33-58(34-30-56)86(99)100)54-25-21-52(22-26-54)60-36-38-66-80-62(60)16-12-18-64(80)82(94)92(84(66)96)48-50(8-4)14-10-6-2/h11-12,15-46,49-50,87,90H,5-10,13-14,47-48H2,1-4H3,(H,97,98)(H,99,100). The summed E-state index contributed by atoms with van der Waals surface area (Å²) in [7, 11) is 0. The van der Waals surface area contributed by atoms with Gasteiger partial charge in [0.05, 0.1) is 33.9 Å². The van der Waals surface area contributed by atoms with Gasteiger partial charge in [0.25, 0.3) is 23.6 Å². The number of nitrogens with zero attached hydrogens (tertiary/aromatic N) is 4. The fraction of sp³-hybridized carbons (Fsp3) is 0.186. The number of amides is 4. The lowest BCUT2D eigenvalue weighted by Gasteiger charge is -2.30. The molecule has 0 spiro atoms. The van der Waals surface area contributed by atoms with Crippen molar-refractivity contribution in [1.82, 2.24) is 29.7 Å². The number of aromatic carboxylic acids is 2. The lowest BCUT2D eigenvalue weighted by atomic mass is 9.88. The number of carbonyl (C=O) groups excluding carboxylic acids is 4. The molecular weight excluding hydrogens is 1240 g/mol. The first-order valence-corrected chi connectivity index (χ1v) is 34.6. The van der Waals surface area contributed by atoms with Crippen LogP contribution in [0.25, 0.3) is 135 Å². The molecule has 2 unspecified atom stereocenters. The zero-order valence-electron chi connectivity index (χ0n) is 56.0. The number of unbranched alkanes of at least 4 members (excludes halogenated alkanes) is 2. The maximum atomic E-state index is 14.3. The van der Waals surface area contributed by atoms with E-state index >= 15 is 0 Å². The zero-order valence-corrected chi connectivity index (χ0v) is 56.0. The smallest absolute Gasteiger partial charge is 0.335 e. The van der Waals surface area contributed by atoms with Gasteiger partial charge in [0.15, 0.2) is 0 Å². The number of fused-ring (bicyclic) bond motifs is 8. The van der Waals surface area contributed by atoms with E-state index in [2.05, 4.69) is 37.7 Å². The molecule has 8 bridgehead atoms. The predicted octanol–water partition coefficient (Wildman–Crippen LogP) is 20.0. The number of benzene rings is 8. The van der Waals surface area contributed by atoms with Gasteiger partial charge in [-0.3, -0.25) is 29.0 Å². The molecule has 100 heavy (non-hydrogen) atoms. The maximum absolute atomic E-state index is 14.3. The Kier molecular flexibility index (Phi) is 17.0. The molecule has 4 aliphatic rings. The number of aromatic amines is 2. The van der Waals surface area contributed by atoms with E-state index in [-0.39, 0.29) is 46.6 Å². The van der Waals surface area contributed by atoms with Crippen LogP contribution in [0, 0.1) is 11.8 Å². The van der Waals surface area contributed by atoms with Crippen molar-refractivity contribution in [3.05, 3.63) is 238 Å². The summed E-state index contributed by atoms with van der Waals surface area (Å²) in [5, 5.41) is 23.1. The molecule has 14 heteroatoms. The van der Waals surface area contributed by atoms with Gasteiger partial charge < -0.3 is 20.2 Å². The number of imide groups is 2. The van der Waals surface area contributed by atoms with Crippen molar-refractivity contribution in [2.75, 3.05) is 13.1 Å². The van der Waals surface area contributed by atoms with Crippen molar-refractivity contribution in [3.63, 3.8) is 0 Å². The molecule has 4 aliphatic heterocycles. The Balaban J connectivity index is 0.888. The van der Waals surface area contributed by atoms with Gasteiger partial charge in [-0.25, -0.2) is 19.6 Å². The predicted molar refractivity (Wildman–Crippen MR) is 398 cm³/mol. The molecule has 2 atom stereocenters. The summed E-state index contributed by atoms with van der Waals surface area (Å²) in [5.41, 5.74) is 17.1. The number of carboxylic acid groups (broad SMARTS) is 2. The Morgan fingerprint density at radius 1 is 0.370 bits per heavy atom. The second kappa shape index (κ2) is 26.5. The van der Waals surface area contributed by atoms with Crippen LogP contribution in [0.4, 0.5) is 0 Å². The minimum atomic E-state index is -1.05. The van der Waals surface area contributed by atoms with E-state index in [1.54, 1.807) is 48.5 Å². The summed E-state index contributed by atoms with van der Waals surface area (Å²) in [4.78, 5) is 103. The van der Waals surface area contributed by atoms with Crippen molar-refractivity contribution >= 4 is 103 Å². The minimum absolute atomic E-state index is 0.132. The fourth-order valence-corrected chi connectivity index (χ4v) is 15.1. The van der Waals surface area contributed by atoms with Crippen LogP contribution >= 0.6 is 0 Å². The number of hydrogen-bond acceptors (Lipinski definition) is 8. The molecule has 0 saturated heterocycles. The van der Waals surface area contributed by atoms with E-state index in [1.165, 1.54) is 9.80 Å². The van der Waals surface area contributed by atoms with Gasteiger partial charge in [-0.15, -0.1) is 0 Å². The molecule has 15 rings (SSSR count). The number of nitrogens with one attached hydrogen (secondary N) is 2. The van der Waals surface area contributed by atoms with E-state index in [1.807, 2.05) is 158 Å². The van der Waals surface area contributed by atoms with Crippen molar-refractivity contribution in [3.8, 4) is 66.8 Å². The largest absolute Gasteiger partial charge is 0.478 e. The Labute approximate surface area is 578 Å². The zero-order chi connectivity index (χ0) is 69.0. The number of hydrogen-bond donors (Lipinski definition) is 4. The molecule has 8 aromatic carbocycles. The first kappa shape index (κ1) is 64.1. The van der Waals surface area contributed by atoms with E-state index in [0.29, 0.717) is 102 Å². The number of carboxylic acids is 2. The van der Waals surface area contributed by atoms with Crippen LogP contribution in [0.15, 0.2) is 182 Å². The summed E-state index contributed by atoms with van der Waals surface area (Å²) in [6, 6.07) is 56.9. The molecule has 14 nitrogen and oxygen atoms in total. The summed E-state index contributed by atoms with van der Waals surface area (Å²) in [5.74, 6) is -2.75. The van der Waals surface area contributed by atoms with Gasteiger partial charge in [-0.1, -0.05) is 175 Å². The lowest BCUT2D eigenvalue weighted by Crippen LogP contribution is -2.43. The summed E-state index contributed by atoms with van der Waals surface area (Å²) >= 11 is 0. The summed E-state index contributed by atoms with van der Waals surface area (Å²) in [6.45, 7) is 9.30. The molecule has 494 valence electrons. The molecule has 0 radical (unpaired) electrons. The van der Waals surface area contributed by atoms with Crippen LogP contribution in [0.3, 0.4) is 0 Å². The third-order valence-electron chi connectivity index (χ3n) is 20.5. The first-order valence-electron chi connectivity index (χ1n) is 34.6. The number of carbonyl (C=O) groups is 6. The average molecular weight is 1320 g/mol. The van der Waals surface area contributed by atoms with E-state index in [0.717, 1.165) is 118 Å². The van der Waals surface area contributed by atoms with E-state index < -0.39 is 11.9 Å². The van der Waals surface area contributed by atoms with Crippen LogP contribution in [0.2, 0.25) is 0 Å². The van der Waals surface area contributed by atoms with Gasteiger partial charge in [0.2, 0.25) is 0 Å². The highest BCUT2D eigenvalue weighted by Gasteiger charge is 2.37. The van der Waals surface area contributed by atoms with Crippen molar-refractivity contribution in [2.24, 2.45) is 11.8 Å². The molecule has 3 aromatic heterocycles. The topological polar surface area (TPSA) is 207 Å². The van der Waals surface area contributed by atoms with Gasteiger partial charge in [-0.2, -0.15) is 0 Å². The van der Waals surface area contributed by atoms with Crippen LogP contribution in [-0.2, 0) is 0 Å². The number of H-pyrrole nitrogens is 2. The van der Waals surface area contributed by atoms with Crippen LogP contribution in [0.5, 0.6) is 0 Å². The van der Waals surface area contributed by atoms with Crippen molar-refractivity contribution < 1.29 is 39.0 Å². The molecule has 11 aromatic rings. The summed E-state index contributed by atoms with van der Waals surface area (Å²) in [6.07, 6.45) is 15.7. The summed E-state index contributed by atoms with van der Waals surface area (Å²) < 4.78 is 0. The van der Waals surface area contributed by atoms with Gasteiger partial charge in [0.1, 0.15) is 0 Å². The second-order valence-corrected chi connectivity index (χ2v) is 26.5. The van der Waals surface area contributed by atoms with Crippen molar-refractivity contribution in [2.45, 2.75) is 79.1 Å². The van der Waals surface area contributed by atoms with Crippen LogP contribution in [-0.4, -0.2) is 88.6 Å². The maximum Gasteiger partial charge on any atom is 0.335 e. The molecular formula is C86H72N6O8. The molecule has 4 amide bonds. The molecule has 4 N–H and O–H groups in total. The van der Waals surface area contributed by atoms with Gasteiger partial charge in [0, 0.05) is 90.4 Å². The van der Waals surface area contributed by atoms with Crippen LogP contribution < -0.4 is 0 Å². The highest BCUT2D eigenvalue weighted by atomic mass is 16.4. The highest BCUT2D eigenvalue weighted by molar-refractivity contribution is 6.28. The first-order chi connectivity index (χ1) is 48.7. The van der Waals surface area contributed by atoms with E-state index in [4.69, 9.17) is 9.97 Å². The number of rotatable bonds is 20. The SMILES string of the molecule is CCCCC(CC)CN1C(=O)c2cccc3c(-c4ccc(-c5c6nc(c(-c7ccc(C(=O)O)cc7)c7ccc([nH]7)c(-c7ccc(-c8ccc9c%10c(cccc8%10)C(=O)N(CC(CC)CCCC)C9=O)cc7)c7nc(c(-c8ccc(C(=O)O)cc8)c8ccc5[nH]8)C=C7)C=C6)cc4)ccc(c23)C1=O. The average Bonchev–Trinajstić information content (AvgIpc) is 0.857. The van der Waals surface area contributed by atoms with Gasteiger partial charge in [-0.05, 0) is 177 Å².